The van der Waals surface area contributed by atoms with Crippen molar-refractivity contribution in [2.24, 2.45) is 0 Å². The minimum Gasteiger partial charge on any atom is -0.373 e. The quantitative estimate of drug-likeness (QED) is 0.219. The molecule has 2 heterocycles. The van der Waals surface area contributed by atoms with Crippen LogP contribution in [0.2, 0.25) is 0 Å². The Morgan fingerprint density at radius 1 is 0.528 bits per heavy atom. The molecule has 280 valence electrons. The van der Waals surface area contributed by atoms with Gasteiger partial charge in [0.2, 0.25) is 20.0 Å². The highest BCUT2D eigenvalue weighted by Gasteiger charge is 2.33. The van der Waals surface area contributed by atoms with Gasteiger partial charge in [0, 0.05) is 48.7 Å². The van der Waals surface area contributed by atoms with E-state index in [1.807, 2.05) is 52.0 Å². The number of morpholine rings is 2. The molecule has 0 radical (unpaired) electrons. The van der Waals surface area contributed by atoms with Crippen LogP contribution in [0.5, 0.6) is 0 Å². The smallest absolute Gasteiger partial charge is 0.255 e. The fourth-order valence-corrected chi connectivity index (χ4v) is 9.74. The second-order valence-corrected chi connectivity index (χ2v) is 17.6. The van der Waals surface area contributed by atoms with Crippen LogP contribution in [0.15, 0.2) is 107 Å². The third-order valence-corrected chi connectivity index (χ3v) is 12.8. The lowest BCUT2D eigenvalue weighted by atomic mass is 10.0. The first-order valence-electron chi connectivity index (χ1n) is 17.5. The molecule has 0 bridgehead atoms. The number of hydrogen-bond acceptors (Lipinski definition) is 8. The van der Waals surface area contributed by atoms with Gasteiger partial charge < -0.3 is 20.1 Å². The van der Waals surface area contributed by atoms with E-state index in [4.69, 9.17) is 9.47 Å². The van der Waals surface area contributed by atoms with Gasteiger partial charge in [-0.25, -0.2) is 16.8 Å². The molecule has 2 N–H and O–H groups in total. The summed E-state index contributed by atoms with van der Waals surface area (Å²) in [4.78, 5) is 26.1. The van der Waals surface area contributed by atoms with E-state index in [1.165, 1.54) is 57.1 Å². The predicted octanol–water partition coefficient (Wildman–Crippen LogP) is 5.38. The Morgan fingerprint density at radius 2 is 0.830 bits per heavy atom. The average molecular weight is 761 g/mol. The van der Waals surface area contributed by atoms with Crippen LogP contribution in [0.25, 0.3) is 0 Å². The first kappa shape index (κ1) is 38.3. The zero-order valence-corrected chi connectivity index (χ0v) is 31.7. The maximum absolute atomic E-state index is 13.1. The third kappa shape index (κ3) is 9.21. The lowest BCUT2D eigenvalue weighted by Crippen LogP contribution is -2.48. The van der Waals surface area contributed by atoms with E-state index >= 15 is 0 Å². The van der Waals surface area contributed by atoms with Crippen molar-refractivity contribution in [1.82, 2.24) is 8.61 Å². The van der Waals surface area contributed by atoms with Gasteiger partial charge in [-0.05, 0) is 118 Å². The first-order valence-corrected chi connectivity index (χ1v) is 20.4. The second-order valence-electron chi connectivity index (χ2n) is 13.7. The Kier molecular flexibility index (Phi) is 11.5. The van der Waals surface area contributed by atoms with Gasteiger partial charge in [-0.1, -0.05) is 24.3 Å². The number of carbonyl (C=O) groups is 2. The van der Waals surface area contributed by atoms with E-state index in [0.29, 0.717) is 28.9 Å². The molecular formula is C39H44N4O8S2. The summed E-state index contributed by atoms with van der Waals surface area (Å²) in [6.07, 6.45) is -0.180. The summed E-state index contributed by atoms with van der Waals surface area (Å²) in [7, 11) is -7.42. The molecule has 2 amide bonds. The fraction of sp³-hybridized carbons (Fsp3) is 0.333. The van der Waals surface area contributed by atoms with Crippen molar-refractivity contribution in [3.63, 3.8) is 0 Å². The molecular weight excluding hydrogens is 717 g/mol. The van der Waals surface area contributed by atoms with Crippen molar-refractivity contribution in [2.45, 2.75) is 68.3 Å². The van der Waals surface area contributed by atoms with Gasteiger partial charge in [0.05, 0.1) is 34.2 Å². The number of sulfonamides is 2. The number of hydrogen-bond donors (Lipinski definition) is 2. The van der Waals surface area contributed by atoms with Gasteiger partial charge in [-0.15, -0.1) is 0 Å². The monoisotopic (exact) mass is 760 g/mol. The van der Waals surface area contributed by atoms with E-state index < -0.39 is 20.0 Å². The topological polar surface area (TPSA) is 151 Å². The summed E-state index contributed by atoms with van der Waals surface area (Å²) < 4.78 is 66.7. The summed E-state index contributed by atoms with van der Waals surface area (Å²) >= 11 is 0. The number of nitrogens with one attached hydrogen (secondary N) is 2. The van der Waals surface area contributed by atoms with Crippen LogP contribution in [-0.4, -0.2) is 87.9 Å². The van der Waals surface area contributed by atoms with Crippen LogP contribution < -0.4 is 10.6 Å². The molecule has 0 saturated carbocycles. The molecule has 2 saturated heterocycles. The van der Waals surface area contributed by atoms with Gasteiger partial charge in [0.15, 0.2) is 0 Å². The zero-order chi connectivity index (χ0) is 37.9. The Labute approximate surface area is 311 Å². The average Bonchev–Trinajstić information content (AvgIpc) is 3.12. The van der Waals surface area contributed by atoms with Gasteiger partial charge in [-0.3, -0.25) is 9.59 Å². The van der Waals surface area contributed by atoms with E-state index in [1.54, 1.807) is 24.3 Å². The molecule has 4 unspecified atom stereocenters. The molecule has 2 aliphatic rings. The Hall–Kier alpha value is -4.44. The molecule has 0 aromatic heterocycles. The number of benzene rings is 4. The van der Waals surface area contributed by atoms with Crippen molar-refractivity contribution in [1.29, 1.82) is 0 Å². The van der Waals surface area contributed by atoms with Gasteiger partial charge in [-0.2, -0.15) is 8.61 Å². The van der Waals surface area contributed by atoms with Gasteiger partial charge in [0.1, 0.15) is 0 Å². The van der Waals surface area contributed by atoms with E-state index in [-0.39, 0.29) is 72.2 Å². The molecule has 53 heavy (non-hydrogen) atoms. The number of ether oxygens (including phenoxy) is 2. The van der Waals surface area contributed by atoms with Crippen molar-refractivity contribution in [3.05, 3.63) is 119 Å². The van der Waals surface area contributed by atoms with Crippen LogP contribution in [-0.2, 0) is 35.9 Å². The molecule has 6 rings (SSSR count). The van der Waals surface area contributed by atoms with Gasteiger partial charge in [0.25, 0.3) is 11.8 Å². The highest BCUT2D eigenvalue weighted by atomic mass is 32.2. The summed E-state index contributed by atoms with van der Waals surface area (Å²) in [6.45, 7) is 8.48. The molecule has 0 spiro atoms. The summed E-state index contributed by atoms with van der Waals surface area (Å²) in [5.41, 5.74) is 3.89. The van der Waals surface area contributed by atoms with Crippen LogP contribution in [0, 0.1) is 0 Å². The normalized spacial score (nSPS) is 21.5. The summed E-state index contributed by atoms with van der Waals surface area (Å²) in [6, 6.07) is 26.7. The lowest BCUT2D eigenvalue weighted by molar-refractivity contribution is -0.0442. The molecule has 2 aliphatic heterocycles. The third-order valence-electron chi connectivity index (χ3n) is 9.11. The largest absolute Gasteiger partial charge is 0.373 e. The second kappa shape index (κ2) is 15.9. The highest BCUT2D eigenvalue weighted by molar-refractivity contribution is 7.89. The van der Waals surface area contributed by atoms with E-state index in [2.05, 4.69) is 10.6 Å². The van der Waals surface area contributed by atoms with Crippen LogP contribution in [0.1, 0.15) is 59.5 Å². The Balaban J connectivity index is 0.998. The van der Waals surface area contributed by atoms with E-state index in [9.17, 15) is 26.4 Å². The molecule has 4 aromatic carbocycles. The molecule has 0 aliphatic carbocycles. The fourth-order valence-electron chi connectivity index (χ4n) is 6.56. The van der Waals surface area contributed by atoms with Gasteiger partial charge >= 0.3 is 0 Å². The predicted molar refractivity (Wildman–Crippen MR) is 202 cm³/mol. The number of anilines is 2. The molecule has 4 atom stereocenters. The van der Waals surface area contributed by atoms with Crippen molar-refractivity contribution >= 4 is 43.2 Å². The highest BCUT2D eigenvalue weighted by Crippen LogP contribution is 2.24. The number of amides is 2. The summed E-state index contributed by atoms with van der Waals surface area (Å²) in [5, 5.41) is 5.72. The maximum Gasteiger partial charge on any atom is 0.255 e. The molecule has 2 fully saturated rings. The number of nitrogens with zero attached hydrogens (tertiary/aromatic N) is 2. The first-order chi connectivity index (χ1) is 25.2. The molecule has 4 aromatic rings. The van der Waals surface area contributed by atoms with Crippen LogP contribution >= 0.6 is 0 Å². The minimum absolute atomic E-state index is 0.129. The van der Waals surface area contributed by atoms with Crippen LogP contribution in [0.4, 0.5) is 11.4 Å². The summed E-state index contributed by atoms with van der Waals surface area (Å²) in [5.74, 6) is -0.711. The molecule has 14 heteroatoms. The van der Waals surface area contributed by atoms with Crippen molar-refractivity contribution < 1.29 is 35.9 Å². The molecule has 12 nitrogen and oxygen atoms in total. The number of carbonyl (C=O) groups excluding carboxylic acids is 2. The Morgan fingerprint density at radius 3 is 1.13 bits per heavy atom. The van der Waals surface area contributed by atoms with Crippen molar-refractivity contribution in [3.8, 4) is 0 Å². The van der Waals surface area contributed by atoms with Crippen LogP contribution in [0.3, 0.4) is 0 Å². The maximum atomic E-state index is 13.1. The standard InChI is InChI=1S/C39H44N4O8S2/c1-26-22-42(23-27(2)50-26)52(46,47)36-17-9-32(10-18-36)38(44)40-34-13-5-30(6-14-34)21-31-7-15-35(16-8-31)41-39(45)33-11-19-37(20-12-33)53(48,49)43-24-28(3)51-29(4)25-43/h5-20,26-29H,21-25H2,1-4H3,(H,40,44)(H,41,45). The number of rotatable bonds is 10. The minimum atomic E-state index is -3.71. The lowest BCUT2D eigenvalue weighted by Gasteiger charge is -2.34. The zero-order valence-electron chi connectivity index (χ0n) is 30.1. The van der Waals surface area contributed by atoms with Crippen molar-refractivity contribution in [2.75, 3.05) is 36.8 Å². The van der Waals surface area contributed by atoms with E-state index in [0.717, 1.165) is 11.1 Å². The Bertz CT molecular complexity index is 1970. The SMILES string of the molecule is CC1CN(S(=O)(=O)c2ccc(C(=O)Nc3ccc(Cc4ccc(NC(=O)c5ccc(S(=O)(=O)N6CC(C)OC(C)C6)cc5)cc4)cc3)cc2)CC(C)O1.